The van der Waals surface area contributed by atoms with Crippen LogP contribution in [0.4, 0.5) is 5.69 Å². The van der Waals surface area contributed by atoms with Crippen molar-refractivity contribution in [2.75, 3.05) is 12.4 Å². The molecule has 1 saturated carbocycles. The fourth-order valence-electron chi connectivity index (χ4n) is 3.07. The molecule has 0 amide bonds. The van der Waals surface area contributed by atoms with E-state index in [1.54, 1.807) is 7.11 Å². The van der Waals surface area contributed by atoms with Gasteiger partial charge in [0.15, 0.2) is 0 Å². The largest absolute Gasteiger partial charge is 0.496 e. The molecule has 3 rings (SSSR count). The fourth-order valence-corrected chi connectivity index (χ4v) is 3.07. The Morgan fingerprint density at radius 3 is 2.94 bits per heavy atom. The molecule has 2 aliphatic carbocycles. The van der Waals surface area contributed by atoms with Gasteiger partial charge in [0.05, 0.1) is 7.11 Å². The summed E-state index contributed by atoms with van der Waals surface area (Å²) in [7, 11) is 1.72. The monoisotopic (exact) mass is 229 g/mol. The van der Waals surface area contributed by atoms with E-state index in [4.69, 9.17) is 4.74 Å². The molecule has 1 aromatic rings. The van der Waals surface area contributed by atoms with Gasteiger partial charge in [-0.15, -0.1) is 0 Å². The van der Waals surface area contributed by atoms with Gasteiger partial charge in [0.25, 0.3) is 0 Å². The van der Waals surface area contributed by atoms with Crippen LogP contribution in [-0.4, -0.2) is 13.2 Å². The molecule has 0 radical (unpaired) electrons. The van der Waals surface area contributed by atoms with E-state index in [-0.39, 0.29) is 0 Å². The number of allylic oxidation sites excluding steroid dienone is 1. The number of hydrogen-bond acceptors (Lipinski definition) is 2. The van der Waals surface area contributed by atoms with Gasteiger partial charge in [-0.3, -0.25) is 0 Å². The van der Waals surface area contributed by atoms with Gasteiger partial charge < -0.3 is 10.1 Å². The Balaban J connectivity index is 1.69. The molecule has 0 saturated heterocycles. The number of rotatable bonds is 3. The summed E-state index contributed by atoms with van der Waals surface area (Å²) in [6.45, 7) is 2.09. The number of methoxy groups -OCH3 is 1. The van der Waals surface area contributed by atoms with Crippen LogP contribution < -0.4 is 10.1 Å². The van der Waals surface area contributed by atoms with Crippen molar-refractivity contribution < 1.29 is 4.74 Å². The highest BCUT2D eigenvalue weighted by Gasteiger charge is 2.40. The minimum absolute atomic E-state index is 0.631. The lowest BCUT2D eigenvalue weighted by Crippen LogP contribution is -2.43. The summed E-state index contributed by atoms with van der Waals surface area (Å²) >= 11 is 0. The maximum atomic E-state index is 5.28. The minimum atomic E-state index is 0.631. The normalized spacial score (nSPS) is 29.6. The Morgan fingerprint density at radius 2 is 2.24 bits per heavy atom. The third-order valence-corrected chi connectivity index (χ3v) is 4.11. The van der Waals surface area contributed by atoms with Crippen molar-refractivity contribution in [3.05, 3.63) is 35.9 Å². The van der Waals surface area contributed by atoms with Gasteiger partial charge >= 0.3 is 0 Å². The SMILES string of the molecule is COc1ccc(NC2CC3CC=CC32)cc1C. The van der Waals surface area contributed by atoms with Gasteiger partial charge in [0, 0.05) is 17.6 Å². The van der Waals surface area contributed by atoms with E-state index < -0.39 is 0 Å². The lowest BCUT2D eigenvalue weighted by Gasteiger charge is -2.41. The third-order valence-electron chi connectivity index (χ3n) is 4.11. The Kier molecular flexibility index (Phi) is 2.58. The molecule has 0 bridgehead atoms. The van der Waals surface area contributed by atoms with Crippen LogP contribution in [0.5, 0.6) is 5.75 Å². The van der Waals surface area contributed by atoms with Crippen LogP contribution in [0.2, 0.25) is 0 Å². The van der Waals surface area contributed by atoms with Crippen molar-refractivity contribution in [2.24, 2.45) is 11.8 Å². The Hall–Kier alpha value is -1.44. The molecular formula is C15H19NO. The second-order valence-electron chi connectivity index (χ2n) is 5.17. The van der Waals surface area contributed by atoms with Gasteiger partial charge in [-0.25, -0.2) is 0 Å². The molecule has 0 aromatic heterocycles. The van der Waals surface area contributed by atoms with Crippen molar-refractivity contribution in [1.82, 2.24) is 0 Å². The summed E-state index contributed by atoms with van der Waals surface area (Å²) in [4.78, 5) is 0. The van der Waals surface area contributed by atoms with Crippen molar-refractivity contribution in [1.29, 1.82) is 0 Å². The van der Waals surface area contributed by atoms with Gasteiger partial charge in [-0.05, 0) is 49.4 Å². The van der Waals surface area contributed by atoms with Crippen LogP contribution in [0.1, 0.15) is 18.4 Å². The molecule has 1 aromatic carbocycles. The molecule has 3 atom stereocenters. The zero-order chi connectivity index (χ0) is 11.8. The maximum Gasteiger partial charge on any atom is 0.121 e. The second-order valence-corrected chi connectivity index (χ2v) is 5.17. The van der Waals surface area contributed by atoms with E-state index in [9.17, 15) is 0 Å². The maximum absolute atomic E-state index is 5.28. The van der Waals surface area contributed by atoms with Crippen molar-refractivity contribution >= 4 is 5.69 Å². The standard InChI is InChI=1S/C15H19NO/c1-10-8-12(6-7-15(10)17-2)16-14-9-11-4-3-5-13(11)14/h3,5-8,11,13-14,16H,4,9H2,1-2H3. The summed E-state index contributed by atoms with van der Waals surface area (Å²) in [6.07, 6.45) is 7.30. The summed E-state index contributed by atoms with van der Waals surface area (Å²) in [5.74, 6) is 2.63. The van der Waals surface area contributed by atoms with Crippen LogP contribution in [0.25, 0.3) is 0 Å². The van der Waals surface area contributed by atoms with E-state index in [0.29, 0.717) is 6.04 Å². The van der Waals surface area contributed by atoms with Crippen LogP contribution in [0.3, 0.4) is 0 Å². The smallest absolute Gasteiger partial charge is 0.121 e. The van der Waals surface area contributed by atoms with Crippen LogP contribution in [0, 0.1) is 18.8 Å². The number of fused-ring (bicyclic) bond motifs is 1. The van der Waals surface area contributed by atoms with Gasteiger partial charge in [-0.2, -0.15) is 0 Å². The second kappa shape index (κ2) is 4.10. The predicted octanol–water partition coefficient (Wildman–Crippen LogP) is 3.38. The Bertz CT molecular complexity index is 452. The first-order valence-corrected chi connectivity index (χ1v) is 6.36. The summed E-state index contributed by atoms with van der Waals surface area (Å²) in [5.41, 5.74) is 2.40. The van der Waals surface area contributed by atoms with Crippen LogP contribution in [0.15, 0.2) is 30.4 Å². The minimum Gasteiger partial charge on any atom is -0.496 e. The van der Waals surface area contributed by atoms with E-state index in [2.05, 4.69) is 36.5 Å². The number of benzene rings is 1. The average Bonchev–Trinajstić information content (AvgIpc) is 2.68. The molecule has 1 fully saturated rings. The predicted molar refractivity (Wildman–Crippen MR) is 70.5 cm³/mol. The van der Waals surface area contributed by atoms with E-state index in [1.165, 1.54) is 24.1 Å². The van der Waals surface area contributed by atoms with Crippen molar-refractivity contribution in [3.8, 4) is 5.75 Å². The van der Waals surface area contributed by atoms with E-state index >= 15 is 0 Å². The molecule has 17 heavy (non-hydrogen) atoms. The van der Waals surface area contributed by atoms with Gasteiger partial charge in [-0.1, -0.05) is 12.2 Å². The Morgan fingerprint density at radius 1 is 1.35 bits per heavy atom. The highest BCUT2D eigenvalue weighted by Crippen LogP contribution is 2.44. The molecule has 3 unspecified atom stereocenters. The molecule has 0 heterocycles. The molecular weight excluding hydrogens is 210 g/mol. The van der Waals surface area contributed by atoms with Crippen LogP contribution in [-0.2, 0) is 0 Å². The Labute approximate surface area is 103 Å². The highest BCUT2D eigenvalue weighted by atomic mass is 16.5. The first kappa shape index (κ1) is 10.7. The first-order chi connectivity index (χ1) is 8.28. The number of anilines is 1. The zero-order valence-electron chi connectivity index (χ0n) is 10.4. The quantitative estimate of drug-likeness (QED) is 0.802. The highest BCUT2D eigenvalue weighted by molar-refractivity contribution is 5.52. The number of ether oxygens (including phenoxy) is 1. The van der Waals surface area contributed by atoms with Crippen molar-refractivity contribution in [2.45, 2.75) is 25.8 Å². The van der Waals surface area contributed by atoms with E-state index in [0.717, 1.165) is 17.6 Å². The molecule has 2 heteroatoms. The lowest BCUT2D eigenvalue weighted by atomic mass is 9.71. The number of hydrogen-bond donors (Lipinski definition) is 1. The van der Waals surface area contributed by atoms with E-state index in [1.807, 2.05) is 6.07 Å². The zero-order valence-corrected chi connectivity index (χ0v) is 10.4. The lowest BCUT2D eigenvalue weighted by molar-refractivity contribution is 0.218. The number of aryl methyl sites for hydroxylation is 1. The summed E-state index contributed by atoms with van der Waals surface area (Å²) < 4.78 is 5.28. The summed E-state index contributed by atoms with van der Waals surface area (Å²) in [6, 6.07) is 6.95. The van der Waals surface area contributed by atoms with Gasteiger partial charge in [0.2, 0.25) is 0 Å². The first-order valence-electron chi connectivity index (χ1n) is 6.36. The molecule has 2 nitrogen and oxygen atoms in total. The molecule has 1 N–H and O–H groups in total. The third kappa shape index (κ3) is 1.82. The molecule has 90 valence electrons. The number of nitrogens with one attached hydrogen (secondary N) is 1. The van der Waals surface area contributed by atoms with Crippen molar-refractivity contribution in [3.63, 3.8) is 0 Å². The molecule has 0 aliphatic heterocycles. The topological polar surface area (TPSA) is 21.3 Å². The summed E-state index contributed by atoms with van der Waals surface area (Å²) in [5, 5.41) is 3.64. The fraction of sp³-hybridized carbons (Fsp3) is 0.467. The van der Waals surface area contributed by atoms with Crippen LogP contribution >= 0.6 is 0 Å². The molecule has 0 spiro atoms. The average molecular weight is 229 g/mol. The van der Waals surface area contributed by atoms with Gasteiger partial charge in [0.1, 0.15) is 5.75 Å². The molecule has 2 aliphatic rings.